The van der Waals surface area contributed by atoms with Crippen LogP contribution in [0.25, 0.3) is 21.3 Å². The molecule has 236 valence electrons. The van der Waals surface area contributed by atoms with Gasteiger partial charge < -0.3 is 9.63 Å². The normalized spacial score (nSPS) is 15.6. The molecule has 1 aliphatic rings. The molecule has 17 heteroatoms. The van der Waals surface area contributed by atoms with Gasteiger partial charge in [-0.2, -0.15) is 22.9 Å². The third-order valence-corrected chi connectivity index (χ3v) is 9.85. The summed E-state index contributed by atoms with van der Waals surface area (Å²) in [7, 11) is -5.19. The van der Waals surface area contributed by atoms with Crippen molar-refractivity contribution in [2.75, 3.05) is 0 Å². The van der Waals surface area contributed by atoms with E-state index in [9.17, 15) is 40.3 Å². The Balaban J connectivity index is 1.79. The molecular weight excluding hydrogens is 626 g/mol. The summed E-state index contributed by atoms with van der Waals surface area (Å²) in [5.74, 6) is -2.87. The molecule has 0 bridgehead atoms. The van der Waals surface area contributed by atoms with Crippen LogP contribution >= 0.6 is 11.3 Å². The first-order chi connectivity index (χ1) is 19.9. The lowest BCUT2D eigenvalue weighted by Crippen LogP contribution is -2.45. The number of carboxylic acids is 1. The quantitative estimate of drug-likeness (QED) is 0.210. The van der Waals surface area contributed by atoms with Gasteiger partial charge in [0.05, 0.1) is 21.5 Å². The van der Waals surface area contributed by atoms with Gasteiger partial charge in [-0.1, -0.05) is 37.4 Å². The Morgan fingerprint density at radius 2 is 1.88 bits per heavy atom. The van der Waals surface area contributed by atoms with Crippen LogP contribution in [0, 0.1) is 17.2 Å². The summed E-state index contributed by atoms with van der Waals surface area (Å²) in [6.45, 7) is 3.99. The molecule has 4 rings (SSSR count). The topological polar surface area (TPSA) is 135 Å². The smallest absolute Gasteiger partial charge is 0.404 e. The first kappa shape index (κ1) is 32.9. The fraction of sp³-hybridized carbons (Fsp3) is 0.538. The maximum absolute atomic E-state index is 15.6. The number of nitrogens with one attached hydrogen (secondary N) is 1. The number of aromatic nitrogens is 3. The fourth-order valence-electron chi connectivity index (χ4n) is 4.46. The van der Waals surface area contributed by atoms with Gasteiger partial charge in [0.2, 0.25) is 21.7 Å². The van der Waals surface area contributed by atoms with Crippen LogP contribution in [-0.4, -0.2) is 46.8 Å². The summed E-state index contributed by atoms with van der Waals surface area (Å²) < 4.78 is 116. The number of benzene rings is 1. The van der Waals surface area contributed by atoms with Crippen molar-refractivity contribution < 1.29 is 49.2 Å². The third-order valence-electron chi connectivity index (χ3n) is 7.23. The van der Waals surface area contributed by atoms with Crippen molar-refractivity contribution >= 4 is 27.3 Å². The molecule has 0 saturated heterocycles. The molecule has 1 aliphatic carbocycles. The minimum atomic E-state index is -5.19. The SMILES string of the molecule is CC[C@H](NS(=O)(=O)c1ccc(-c2sc(-c3noc(CC(C)(C)C(=O)O)n3)nc2CC2CCC2)c(C(F)F)c1F)C(F)(F)F. The number of nitrogens with zero attached hydrogens (tertiary/aromatic N) is 3. The Labute approximate surface area is 246 Å². The zero-order chi connectivity index (χ0) is 31.9. The monoisotopic (exact) mass is 654 g/mol. The molecule has 2 N–H and O–H groups in total. The fourth-order valence-corrected chi connectivity index (χ4v) is 6.91. The van der Waals surface area contributed by atoms with E-state index in [4.69, 9.17) is 4.52 Å². The summed E-state index contributed by atoms with van der Waals surface area (Å²) in [4.78, 5) is 18.9. The van der Waals surface area contributed by atoms with Crippen LogP contribution in [0.4, 0.5) is 26.3 Å². The average Bonchev–Trinajstić information content (AvgIpc) is 3.50. The molecule has 2 heterocycles. The molecule has 1 fully saturated rings. The van der Waals surface area contributed by atoms with Crippen LogP contribution < -0.4 is 4.72 Å². The van der Waals surface area contributed by atoms with Crippen LogP contribution in [0.15, 0.2) is 21.6 Å². The van der Waals surface area contributed by atoms with E-state index in [2.05, 4.69) is 15.1 Å². The predicted octanol–water partition coefficient (Wildman–Crippen LogP) is 6.55. The number of rotatable bonds is 12. The summed E-state index contributed by atoms with van der Waals surface area (Å²) >= 11 is 0.825. The van der Waals surface area contributed by atoms with E-state index in [1.54, 1.807) is 0 Å². The van der Waals surface area contributed by atoms with E-state index in [-0.39, 0.29) is 39.5 Å². The Hall–Kier alpha value is -3.05. The maximum atomic E-state index is 15.6. The van der Waals surface area contributed by atoms with Crippen molar-refractivity contribution in [3.05, 3.63) is 35.1 Å². The molecular formula is C26H28F6N4O5S2. The van der Waals surface area contributed by atoms with Gasteiger partial charge in [0.15, 0.2) is 10.8 Å². The standard InChI is InChI=1S/C26H28F6N4O5S2/c1-4-16(26(30,31)32)36-43(39,40)15-9-8-13(18(19(15)27)21(28)29)20-14(10-12-6-5-7-12)33-23(42-20)22-34-17(41-35-22)11-25(2,3)24(37)38/h8-9,12,16,21,36H,4-7,10-11H2,1-3H3,(H,37,38)/t16-/m0/s1. The first-order valence-electron chi connectivity index (χ1n) is 13.2. The number of halogens is 6. The zero-order valence-corrected chi connectivity index (χ0v) is 24.8. The number of hydrogen-bond donors (Lipinski definition) is 2. The van der Waals surface area contributed by atoms with E-state index in [1.807, 2.05) is 0 Å². The molecule has 1 aromatic carbocycles. The van der Waals surface area contributed by atoms with Gasteiger partial charge in [-0.05, 0) is 38.7 Å². The average molecular weight is 655 g/mol. The number of alkyl halides is 5. The number of carboxylic acid groups (broad SMARTS) is 1. The van der Waals surface area contributed by atoms with Crippen molar-refractivity contribution in [3.63, 3.8) is 0 Å². The van der Waals surface area contributed by atoms with Gasteiger partial charge in [-0.15, -0.1) is 11.3 Å². The van der Waals surface area contributed by atoms with Crippen LogP contribution in [0.3, 0.4) is 0 Å². The Morgan fingerprint density at radius 1 is 1.21 bits per heavy atom. The van der Waals surface area contributed by atoms with Crippen LogP contribution in [0.2, 0.25) is 0 Å². The summed E-state index contributed by atoms with van der Waals surface area (Å²) in [6, 6.07) is -0.980. The molecule has 1 saturated carbocycles. The van der Waals surface area contributed by atoms with E-state index in [1.165, 1.54) is 18.6 Å². The summed E-state index contributed by atoms with van der Waals surface area (Å²) in [5.41, 5.74) is -2.60. The Morgan fingerprint density at radius 3 is 2.42 bits per heavy atom. The highest BCUT2D eigenvalue weighted by Crippen LogP contribution is 2.44. The van der Waals surface area contributed by atoms with Crippen LogP contribution in [0.1, 0.15) is 70.0 Å². The van der Waals surface area contributed by atoms with Gasteiger partial charge in [0, 0.05) is 12.0 Å². The highest BCUT2D eigenvalue weighted by atomic mass is 32.2. The molecule has 43 heavy (non-hydrogen) atoms. The van der Waals surface area contributed by atoms with E-state index in [0.29, 0.717) is 18.2 Å². The first-order valence-corrected chi connectivity index (χ1v) is 15.5. The molecule has 0 aliphatic heterocycles. The minimum absolute atomic E-state index is 0.00898. The molecule has 1 atom stereocenters. The van der Waals surface area contributed by atoms with Gasteiger partial charge in [0.1, 0.15) is 10.9 Å². The number of aliphatic carboxylic acids is 1. The summed E-state index contributed by atoms with van der Waals surface area (Å²) in [6.07, 6.45) is -6.36. The molecule has 0 amide bonds. The number of thiazole rings is 1. The lowest BCUT2D eigenvalue weighted by Gasteiger charge is -2.25. The molecule has 0 spiro atoms. The molecule has 2 aromatic heterocycles. The van der Waals surface area contributed by atoms with Crippen molar-refractivity contribution in [1.29, 1.82) is 0 Å². The molecule has 3 aromatic rings. The largest absolute Gasteiger partial charge is 0.481 e. The number of sulfonamides is 1. The number of carbonyl (C=O) groups is 1. The molecule has 0 unspecified atom stereocenters. The van der Waals surface area contributed by atoms with Crippen LogP contribution in [0.5, 0.6) is 0 Å². The third kappa shape index (κ3) is 7.03. The molecule has 9 nitrogen and oxygen atoms in total. The second kappa shape index (κ2) is 12.1. The van der Waals surface area contributed by atoms with Gasteiger partial charge >= 0.3 is 12.1 Å². The van der Waals surface area contributed by atoms with Crippen molar-refractivity contribution in [2.45, 2.75) is 82.8 Å². The van der Waals surface area contributed by atoms with E-state index < -0.39 is 62.7 Å². The highest BCUT2D eigenvalue weighted by molar-refractivity contribution is 7.89. The zero-order valence-electron chi connectivity index (χ0n) is 23.1. The van der Waals surface area contributed by atoms with Gasteiger partial charge in [0.25, 0.3) is 6.43 Å². The predicted molar refractivity (Wildman–Crippen MR) is 142 cm³/mol. The van der Waals surface area contributed by atoms with Gasteiger partial charge in [-0.3, -0.25) is 4.79 Å². The Kier molecular flexibility index (Phi) is 9.28. The minimum Gasteiger partial charge on any atom is -0.481 e. The van der Waals surface area contributed by atoms with Crippen molar-refractivity contribution in [3.8, 4) is 21.3 Å². The second-order valence-corrected chi connectivity index (χ2v) is 13.6. The maximum Gasteiger partial charge on any atom is 0.404 e. The van der Waals surface area contributed by atoms with Crippen molar-refractivity contribution in [2.24, 2.45) is 11.3 Å². The Bertz CT molecular complexity index is 1600. The highest BCUT2D eigenvalue weighted by Gasteiger charge is 2.42. The van der Waals surface area contributed by atoms with Crippen molar-refractivity contribution in [1.82, 2.24) is 19.8 Å². The lowest BCUT2D eigenvalue weighted by molar-refractivity contribution is -0.151. The number of hydrogen-bond acceptors (Lipinski definition) is 8. The second-order valence-electron chi connectivity index (χ2n) is 10.9. The lowest BCUT2D eigenvalue weighted by atomic mass is 9.81. The molecule has 0 radical (unpaired) electrons. The van der Waals surface area contributed by atoms with E-state index >= 15 is 4.39 Å². The summed E-state index contributed by atoms with van der Waals surface area (Å²) in [5, 5.41) is 13.3. The van der Waals surface area contributed by atoms with E-state index in [0.717, 1.165) is 43.6 Å². The van der Waals surface area contributed by atoms with Gasteiger partial charge in [-0.25, -0.2) is 26.6 Å². The van der Waals surface area contributed by atoms with Crippen LogP contribution in [-0.2, 0) is 27.7 Å².